The third kappa shape index (κ3) is 5.36. The monoisotopic (exact) mass is 454 g/mol. The van der Waals surface area contributed by atoms with Crippen LogP contribution in [-0.2, 0) is 4.74 Å². The number of piperazine rings is 1. The van der Waals surface area contributed by atoms with E-state index in [-0.39, 0.29) is 6.09 Å². The Kier molecular flexibility index (Phi) is 7.53. The molecule has 4 rings (SSSR count). The number of amidine groups is 1. The van der Waals surface area contributed by atoms with Gasteiger partial charge in [-0.15, -0.1) is 0 Å². The Balaban J connectivity index is 1.41. The van der Waals surface area contributed by atoms with Crippen molar-refractivity contribution in [1.82, 2.24) is 9.80 Å². The van der Waals surface area contributed by atoms with Crippen molar-refractivity contribution >= 4 is 40.6 Å². The summed E-state index contributed by atoms with van der Waals surface area (Å²) in [6, 6.07) is 13.9. The Morgan fingerprint density at radius 1 is 1.03 bits per heavy atom. The minimum absolute atomic E-state index is 0.206. The van der Waals surface area contributed by atoms with Gasteiger partial charge < -0.3 is 19.9 Å². The molecule has 1 saturated heterocycles. The van der Waals surface area contributed by atoms with Crippen molar-refractivity contribution in [2.75, 3.05) is 38.1 Å². The minimum Gasteiger partial charge on any atom is -0.449 e. The van der Waals surface area contributed by atoms with E-state index in [2.05, 4.69) is 29.3 Å². The van der Waals surface area contributed by atoms with Crippen LogP contribution in [0.25, 0.3) is 0 Å². The lowest BCUT2D eigenvalue weighted by atomic mass is 10.1. The fourth-order valence-corrected chi connectivity index (χ4v) is 4.27. The average molecular weight is 455 g/mol. The molecule has 0 unspecified atom stereocenters. The highest BCUT2D eigenvalue weighted by atomic mass is 35.5. The van der Waals surface area contributed by atoms with Gasteiger partial charge in [-0.1, -0.05) is 56.3 Å². The number of hydrogen-bond donors (Lipinski definition) is 1. The molecule has 7 heteroatoms. The van der Waals surface area contributed by atoms with Crippen LogP contribution in [-0.4, -0.2) is 54.5 Å². The number of anilines is 2. The summed E-state index contributed by atoms with van der Waals surface area (Å²) in [7, 11) is 0. The number of ether oxygens (including phenoxy) is 1. The molecule has 1 amide bonds. The summed E-state index contributed by atoms with van der Waals surface area (Å²) < 4.78 is 5.49. The molecule has 0 aromatic heterocycles. The first kappa shape index (κ1) is 22.5. The Morgan fingerprint density at radius 2 is 1.81 bits per heavy atom. The van der Waals surface area contributed by atoms with E-state index in [1.807, 2.05) is 30.3 Å². The molecule has 0 atom stereocenters. The predicted molar refractivity (Wildman–Crippen MR) is 131 cm³/mol. The highest BCUT2D eigenvalue weighted by Gasteiger charge is 2.27. The van der Waals surface area contributed by atoms with E-state index < -0.39 is 0 Å². The molecular formula is C25H31ClN4O2. The van der Waals surface area contributed by atoms with Crippen molar-refractivity contribution in [3.8, 4) is 0 Å². The number of nitrogens with zero attached hydrogens (tertiary/aromatic N) is 3. The van der Waals surface area contributed by atoms with Gasteiger partial charge in [-0.25, -0.2) is 9.79 Å². The van der Waals surface area contributed by atoms with E-state index >= 15 is 0 Å². The summed E-state index contributed by atoms with van der Waals surface area (Å²) in [6.07, 6.45) is 5.52. The number of para-hydroxylation sites is 1. The average Bonchev–Trinajstić information content (AvgIpc) is 2.98. The van der Waals surface area contributed by atoms with Gasteiger partial charge in [-0.2, -0.15) is 0 Å². The molecule has 0 saturated carbocycles. The Labute approximate surface area is 195 Å². The molecule has 2 heterocycles. The highest BCUT2D eigenvalue weighted by Crippen LogP contribution is 2.36. The van der Waals surface area contributed by atoms with E-state index in [0.29, 0.717) is 37.8 Å². The van der Waals surface area contributed by atoms with E-state index in [9.17, 15) is 4.79 Å². The Morgan fingerprint density at radius 3 is 2.62 bits per heavy atom. The summed E-state index contributed by atoms with van der Waals surface area (Å²) in [5, 5.41) is 4.14. The van der Waals surface area contributed by atoms with Crippen LogP contribution < -0.4 is 5.32 Å². The molecule has 0 aliphatic carbocycles. The highest BCUT2D eigenvalue weighted by molar-refractivity contribution is 6.31. The molecular weight excluding hydrogens is 424 g/mol. The first-order chi connectivity index (χ1) is 15.7. The van der Waals surface area contributed by atoms with Crippen molar-refractivity contribution in [3.63, 3.8) is 0 Å². The fraction of sp³-hybridized carbons (Fsp3) is 0.440. The van der Waals surface area contributed by atoms with Crippen LogP contribution >= 0.6 is 11.6 Å². The molecule has 1 fully saturated rings. The van der Waals surface area contributed by atoms with Crippen molar-refractivity contribution in [1.29, 1.82) is 0 Å². The van der Waals surface area contributed by atoms with Crippen LogP contribution in [0.15, 0.2) is 47.5 Å². The minimum atomic E-state index is -0.206. The molecule has 32 heavy (non-hydrogen) atoms. The van der Waals surface area contributed by atoms with Gasteiger partial charge in [0.1, 0.15) is 5.84 Å². The zero-order valence-electron chi connectivity index (χ0n) is 18.6. The molecule has 2 aliphatic heterocycles. The standard InChI is InChI=1S/C25H31ClN4O2/c1-2-3-4-5-8-17-32-25(31)30-15-13-29(14-16-30)24-20-9-6-7-10-21(20)27-22-12-11-19(26)18-23(22)28-24/h6-7,9-12,18,27H,2-5,8,13-17H2,1H3. The second-order valence-corrected chi connectivity index (χ2v) is 8.71. The number of carbonyl (C=O) groups is 1. The summed E-state index contributed by atoms with van der Waals surface area (Å²) in [5.41, 5.74) is 3.80. The second kappa shape index (κ2) is 10.7. The lowest BCUT2D eigenvalue weighted by molar-refractivity contribution is 0.0865. The number of hydrogen-bond acceptors (Lipinski definition) is 5. The fourth-order valence-electron chi connectivity index (χ4n) is 4.11. The van der Waals surface area contributed by atoms with Gasteiger partial charge in [0.05, 0.1) is 18.0 Å². The molecule has 2 aromatic carbocycles. The van der Waals surface area contributed by atoms with Gasteiger partial charge in [-0.3, -0.25) is 0 Å². The summed E-state index contributed by atoms with van der Waals surface area (Å²) in [5.74, 6) is 0.901. The van der Waals surface area contributed by atoms with Crippen LogP contribution in [0.2, 0.25) is 5.02 Å². The van der Waals surface area contributed by atoms with Crippen LogP contribution in [0.3, 0.4) is 0 Å². The van der Waals surface area contributed by atoms with Gasteiger partial charge in [0.15, 0.2) is 0 Å². The van der Waals surface area contributed by atoms with Crippen molar-refractivity contribution < 1.29 is 9.53 Å². The summed E-state index contributed by atoms with van der Waals surface area (Å²) in [4.78, 5) is 21.5. The number of carbonyl (C=O) groups excluding carboxylic acids is 1. The Bertz CT molecular complexity index is 970. The SMILES string of the molecule is CCCCCCCOC(=O)N1CCN(C2=Nc3cc(Cl)ccc3Nc3ccccc32)CC1. The first-order valence-corrected chi connectivity index (χ1v) is 11.9. The van der Waals surface area contributed by atoms with Crippen LogP contribution in [0.1, 0.15) is 44.6 Å². The molecule has 2 aromatic rings. The van der Waals surface area contributed by atoms with Gasteiger partial charge in [0.2, 0.25) is 0 Å². The van der Waals surface area contributed by atoms with E-state index in [1.54, 1.807) is 4.90 Å². The lowest BCUT2D eigenvalue weighted by Gasteiger charge is -2.36. The summed E-state index contributed by atoms with van der Waals surface area (Å²) >= 11 is 6.24. The van der Waals surface area contributed by atoms with Gasteiger partial charge in [0, 0.05) is 42.5 Å². The number of amides is 1. The second-order valence-electron chi connectivity index (χ2n) is 8.27. The number of nitrogens with one attached hydrogen (secondary N) is 1. The number of rotatable bonds is 6. The number of fused-ring (bicyclic) bond motifs is 2. The van der Waals surface area contributed by atoms with Crippen molar-refractivity contribution in [3.05, 3.63) is 53.1 Å². The van der Waals surface area contributed by atoms with E-state index in [4.69, 9.17) is 21.3 Å². The van der Waals surface area contributed by atoms with Crippen LogP contribution in [0.4, 0.5) is 21.9 Å². The molecule has 6 nitrogen and oxygen atoms in total. The van der Waals surface area contributed by atoms with Gasteiger partial charge in [0.25, 0.3) is 0 Å². The zero-order chi connectivity index (χ0) is 22.3. The molecule has 1 N–H and O–H groups in total. The number of halogens is 1. The van der Waals surface area contributed by atoms with Crippen molar-refractivity contribution in [2.45, 2.75) is 39.0 Å². The quantitative estimate of drug-likeness (QED) is 0.528. The largest absolute Gasteiger partial charge is 0.449 e. The van der Waals surface area contributed by atoms with Crippen molar-refractivity contribution in [2.24, 2.45) is 4.99 Å². The molecule has 0 spiro atoms. The third-order valence-corrected chi connectivity index (χ3v) is 6.17. The Hall–Kier alpha value is -2.73. The first-order valence-electron chi connectivity index (χ1n) is 11.6. The maximum Gasteiger partial charge on any atom is 0.409 e. The molecule has 0 radical (unpaired) electrons. The predicted octanol–water partition coefficient (Wildman–Crippen LogP) is 6.20. The normalized spacial score (nSPS) is 15.2. The van der Waals surface area contributed by atoms with Gasteiger partial charge in [-0.05, 0) is 36.8 Å². The van der Waals surface area contributed by atoms with Crippen LogP contribution in [0.5, 0.6) is 0 Å². The number of aliphatic imine (C=N–C) groups is 1. The lowest BCUT2D eigenvalue weighted by Crippen LogP contribution is -2.51. The molecule has 0 bridgehead atoms. The molecule has 170 valence electrons. The smallest absolute Gasteiger partial charge is 0.409 e. The zero-order valence-corrected chi connectivity index (χ0v) is 19.4. The van der Waals surface area contributed by atoms with E-state index in [0.717, 1.165) is 41.3 Å². The maximum atomic E-state index is 12.5. The van der Waals surface area contributed by atoms with E-state index in [1.165, 1.54) is 19.3 Å². The molecule has 2 aliphatic rings. The number of unbranched alkanes of at least 4 members (excludes halogenated alkanes) is 4. The third-order valence-electron chi connectivity index (χ3n) is 5.93. The summed E-state index contributed by atoms with van der Waals surface area (Å²) in [6.45, 7) is 5.34. The van der Waals surface area contributed by atoms with Crippen LogP contribution in [0, 0.1) is 0 Å². The number of benzene rings is 2. The maximum absolute atomic E-state index is 12.5. The van der Waals surface area contributed by atoms with Gasteiger partial charge >= 0.3 is 6.09 Å². The topological polar surface area (TPSA) is 57.2 Å².